The number of rotatable bonds is 0. The number of likely N-dealkylation sites (tertiary alicyclic amines) is 1. The molecule has 0 spiro atoms. The van der Waals surface area contributed by atoms with Crippen molar-refractivity contribution in [1.29, 1.82) is 0 Å². The number of fused-ring (bicyclic) bond motifs is 1. The molecule has 64 valence electrons. The molecule has 2 saturated heterocycles. The molecule has 0 aromatic carbocycles. The lowest BCUT2D eigenvalue weighted by Gasteiger charge is -2.31. The highest BCUT2D eigenvalue weighted by atomic mass is 127. The fourth-order valence-corrected chi connectivity index (χ4v) is 3.31. The van der Waals surface area contributed by atoms with E-state index in [9.17, 15) is 0 Å². The predicted octanol–water partition coefficient (Wildman–Crippen LogP) is 1.22. The number of nitrogens with zero attached hydrogens (tertiary/aromatic N) is 2. The quantitative estimate of drug-likeness (QED) is 0.480. The second kappa shape index (κ2) is 3.18. The summed E-state index contributed by atoms with van der Waals surface area (Å²) in [5, 5.41) is 0. The molecular formula is C8H15IN2. The molecule has 3 heteroatoms. The van der Waals surface area contributed by atoms with E-state index >= 15 is 0 Å². The fraction of sp³-hybridized carbons (Fsp3) is 1.00. The van der Waals surface area contributed by atoms with Crippen LogP contribution in [0.1, 0.15) is 6.42 Å². The molecule has 2 unspecified atom stereocenters. The first-order chi connectivity index (χ1) is 5.25. The van der Waals surface area contributed by atoms with E-state index < -0.39 is 0 Å². The van der Waals surface area contributed by atoms with Gasteiger partial charge in [-0.05, 0) is 31.8 Å². The highest BCUT2D eigenvalue weighted by Gasteiger charge is 2.34. The van der Waals surface area contributed by atoms with Gasteiger partial charge in [0, 0.05) is 42.5 Å². The zero-order valence-corrected chi connectivity index (χ0v) is 9.12. The molecule has 2 aliphatic heterocycles. The molecule has 0 amide bonds. The van der Waals surface area contributed by atoms with Gasteiger partial charge in [-0.15, -0.1) is 0 Å². The summed E-state index contributed by atoms with van der Waals surface area (Å²) in [6.07, 6.45) is 1.42. The lowest BCUT2D eigenvalue weighted by molar-refractivity contribution is 0.178. The van der Waals surface area contributed by atoms with Crippen molar-refractivity contribution in [2.24, 2.45) is 11.8 Å². The van der Waals surface area contributed by atoms with Crippen molar-refractivity contribution in [3.63, 3.8) is 0 Å². The SMILES string of the molecule is CN1CCC2CN(I)CC2C1. The Balaban J connectivity index is 1.97. The van der Waals surface area contributed by atoms with Crippen molar-refractivity contribution in [2.75, 3.05) is 33.2 Å². The first-order valence-corrected chi connectivity index (χ1v) is 5.31. The molecule has 0 radical (unpaired) electrons. The number of halogens is 1. The van der Waals surface area contributed by atoms with Crippen LogP contribution in [0.3, 0.4) is 0 Å². The van der Waals surface area contributed by atoms with Gasteiger partial charge in [-0.1, -0.05) is 0 Å². The highest BCUT2D eigenvalue weighted by Crippen LogP contribution is 2.31. The van der Waals surface area contributed by atoms with Crippen LogP contribution in [0.25, 0.3) is 0 Å². The van der Waals surface area contributed by atoms with E-state index in [-0.39, 0.29) is 0 Å². The highest BCUT2D eigenvalue weighted by molar-refractivity contribution is 14.1. The topological polar surface area (TPSA) is 6.48 Å². The van der Waals surface area contributed by atoms with E-state index in [0.29, 0.717) is 0 Å². The standard InChI is InChI=1S/C8H15IN2/c1-10-3-2-7-5-11(9)6-8(7)4-10/h7-8H,2-6H2,1H3. The molecule has 0 aliphatic carbocycles. The zero-order valence-electron chi connectivity index (χ0n) is 6.96. The van der Waals surface area contributed by atoms with Crippen LogP contribution in [0, 0.1) is 11.8 Å². The van der Waals surface area contributed by atoms with Gasteiger partial charge < -0.3 is 4.90 Å². The van der Waals surface area contributed by atoms with Crippen LogP contribution in [0.15, 0.2) is 0 Å². The van der Waals surface area contributed by atoms with Gasteiger partial charge in [0.2, 0.25) is 0 Å². The molecule has 0 saturated carbocycles. The number of hydrogen-bond donors (Lipinski definition) is 0. The molecule has 0 aromatic heterocycles. The first kappa shape index (κ1) is 8.26. The Morgan fingerprint density at radius 3 is 2.73 bits per heavy atom. The second-order valence-electron chi connectivity index (χ2n) is 3.90. The van der Waals surface area contributed by atoms with Crippen LogP contribution in [-0.2, 0) is 0 Å². The second-order valence-corrected chi connectivity index (χ2v) is 5.26. The van der Waals surface area contributed by atoms with Crippen LogP contribution in [0.2, 0.25) is 0 Å². The Morgan fingerprint density at radius 1 is 1.18 bits per heavy atom. The molecule has 0 aromatic rings. The number of hydrogen-bond acceptors (Lipinski definition) is 2. The smallest absolute Gasteiger partial charge is 0.0201 e. The van der Waals surface area contributed by atoms with Crippen LogP contribution in [-0.4, -0.2) is 41.2 Å². The van der Waals surface area contributed by atoms with Gasteiger partial charge in [0.05, 0.1) is 0 Å². The monoisotopic (exact) mass is 266 g/mol. The lowest BCUT2D eigenvalue weighted by atomic mass is 9.89. The van der Waals surface area contributed by atoms with E-state index in [1.54, 1.807) is 0 Å². The third-order valence-electron chi connectivity index (χ3n) is 2.96. The van der Waals surface area contributed by atoms with E-state index in [1.165, 1.54) is 32.6 Å². The van der Waals surface area contributed by atoms with E-state index in [0.717, 1.165) is 11.8 Å². The number of piperidine rings is 1. The van der Waals surface area contributed by atoms with Gasteiger partial charge in [0.15, 0.2) is 0 Å². The molecule has 2 fully saturated rings. The van der Waals surface area contributed by atoms with Crippen LogP contribution >= 0.6 is 22.9 Å². The minimum atomic E-state index is 0.964. The molecular weight excluding hydrogens is 251 g/mol. The van der Waals surface area contributed by atoms with Crippen molar-refractivity contribution in [2.45, 2.75) is 6.42 Å². The van der Waals surface area contributed by atoms with Crippen molar-refractivity contribution in [3.8, 4) is 0 Å². The zero-order chi connectivity index (χ0) is 7.84. The van der Waals surface area contributed by atoms with E-state index in [4.69, 9.17) is 0 Å². The van der Waals surface area contributed by atoms with E-state index in [1.807, 2.05) is 0 Å². The summed E-state index contributed by atoms with van der Waals surface area (Å²) in [5.74, 6) is 1.97. The molecule has 2 aliphatic rings. The molecule has 2 nitrogen and oxygen atoms in total. The van der Waals surface area contributed by atoms with Crippen molar-refractivity contribution >= 4 is 22.9 Å². The van der Waals surface area contributed by atoms with Gasteiger partial charge in [-0.3, -0.25) is 0 Å². The Hall–Kier alpha value is 0.650. The third-order valence-corrected chi connectivity index (χ3v) is 3.75. The van der Waals surface area contributed by atoms with Crippen molar-refractivity contribution < 1.29 is 0 Å². The maximum absolute atomic E-state index is 2.47. The normalized spacial score (nSPS) is 40.9. The largest absolute Gasteiger partial charge is 0.306 e. The summed E-state index contributed by atoms with van der Waals surface area (Å²) in [4.78, 5) is 2.47. The minimum absolute atomic E-state index is 0.964. The Bertz CT molecular complexity index is 151. The minimum Gasteiger partial charge on any atom is -0.306 e. The summed E-state index contributed by atoms with van der Waals surface area (Å²) in [7, 11) is 2.24. The van der Waals surface area contributed by atoms with Gasteiger partial charge >= 0.3 is 0 Å². The predicted molar refractivity (Wildman–Crippen MR) is 54.7 cm³/mol. The first-order valence-electron chi connectivity index (χ1n) is 4.35. The Morgan fingerprint density at radius 2 is 1.91 bits per heavy atom. The van der Waals surface area contributed by atoms with Gasteiger partial charge in [0.1, 0.15) is 0 Å². The lowest BCUT2D eigenvalue weighted by Crippen LogP contribution is -2.37. The average molecular weight is 266 g/mol. The van der Waals surface area contributed by atoms with Gasteiger partial charge in [-0.25, -0.2) is 3.11 Å². The average Bonchev–Trinajstić information content (AvgIpc) is 2.27. The molecule has 0 bridgehead atoms. The van der Waals surface area contributed by atoms with Crippen LogP contribution in [0.5, 0.6) is 0 Å². The van der Waals surface area contributed by atoms with Crippen LogP contribution < -0.4 is 0 Å². The Labute approximate surface area is 82.4 Å². The maximum atomic E-state index is 2.47. The summed E-state index contributed by atoms with van der Waals surface area (Å²) in [6, 6.07) is 0. The van der Waals surface area contributed by atoms with E-state index in [2.05, 4.69) is 37.9 Å². The molecule has 11 heavy (non-hydrogen) atoms. The summed E-state index contributed by atoms with van der Waals surface area (Å²) < 4.78 is 2.45. The summed E-state index contributed by atoms with van der Waals surface area (Å²) in [5.41, 5.74) is 0. The molecule has 0 N–H and O–H groups in total. The third kappa shape index (κ3) is 1.70. The molecule has 2 heterocycles. The fourth-order valence-electron chi connectivity index (χ4n) is 2.29. The summed E-state index contributed by atoms with van der Waals surface area (Å²) in [6.45, 7) is 5.28. The summed E-state index contributed by atoms with van der Waals surface area (Å²) >= 11 is 2.46. The van der Waals surface area contributed by atoms with Crippen LogP contribution in [0.4, 0.5) is 0 Å². The van der Waals surface area contributed by atoms with Gasteiger partial charge in [-0.2, -0.15) is 0 Å². The maximum Gasteiger partial charge on any atom is 0.0201 e. The van der Waals surface area contributed by atoms with Gasteiger partial charge in [0.25, 0.3) is 0 Å². The van der Waals surface area contributed by atoms with Crippen molar-refractivity contribution in [3.05, 3.63) is 0 Å². The molecule has 2 atom stereocenters. The van der Waals surface area contributed by atoms with Crippen molar-refractivity contribution in [1.82, 2.24) is 8.01 Å². The Kier molecular flexibility index (Phi) is 2.39. The molecule has 2 rings (SSSR count).